The fourth-order valence-electron chi connectivity index (χ4n) is 3.60. The molecule has 0 radical (unpaired) electrons. The van der Waals surface area contributed by atoms with Gasteiger partial charge in [0.15, 0.2) is 0 Å². The van der Waals surface area contributed by atoms with Crippen LogP contribution in [0.1, 0.15) is 6.42 Å². The first-order valence-electron chi connectivity index (χ1n) is 9.71. The molecule has 0 amide bonds. The van der Waals surface area contributed by atoms with Crippen LogP contribution in [0.3, 0.4) is 0 Å². The van der Waals surface area contributed by atoms with Crippen LogP contribution in [0, 0.1) is 0 Å². The molecular formula is C23H23ClN2O3S. The summed E-state index contributed by atoms with van der Waals surface area (Å²) in [7, 11) is -1.94. The monoisotopic (exact) mass is 442 g/mol. The van der Waals surface area contributed by atoms with Crippen LogP contribution in [-0.2, 0) is 14.8 Å². The second-order valence-electron chi connectivity index (χ2n) is 7.28. The molecule has 1 unspecified atom stereocenters. The van der Waals surface area contributed by atoms with Gasteiger partial charge in [0, 0.05) is 36.6 Å². The zero-order chi connectivity index (χ0) is 21.1. The normalized spacial score (nSPS) is 16.6. The van der Waals surface area contributed by atoms with Crippen molar-refractivity contribution >= 4 is 33.0 Å². The van der Waals surface area contributed by atoms with Gasteiger partial charge in [-0.25, -0.2) is 8.42 Å². The lowest BCUT2D eigenvalue weighted by Crippen LogP contribution is -2.22. The van der Waals surface area contributed by atoms with E-state index in [0.29, 0.717) is 10.7 Å². The highest BCUT2D eigenvalue weighted by Gasteiger charge is 2.22. The molecule has 1 aliphatic rings. The topological polar surface area (TPSA) is 58.6 Å². The first kappa shape index (κ1) is 20.7. The van der Waals surface area contributed by atoms with Gasteiger partial charge < -0.3 is 9.64 Å². The third kappa shape index (κ3) is 4.61. The van der Waals surface area contributed by atoms with E-state index < -0.39 is 10.0 Å². The molecule has 30 heavy (non-hydrogen) atoms. The van der Waals surface area contributed by atoms with Crippen LogP contribution in [0.5, 0.6) is 0 Å². The number of sulfonamides is 1. The highest BCUT2D eigenvalue weighted by atomic mass is 35.5. The number of halogens is 1. The van der Waals surface area contributed by atoms with Gasteiger partial charge in [0.2, 0.25) is 0 Å². The Morgan fingerprint density at radius 2 is 1.73 bits per heavy atom. The molecule has 1 N–H and O–H groups in total. The lowest BCUT2D eigenvalue weighted by Gasteiger charge is -2.19. The average Bonchev–Trinajstić information content (AvgIpc) is 3.23. The van der Waals surface area contributed by atoms with E-state index in [1.54, 1.807) is 49.6 Å². The molecule has 0 bridgehead atoms. The molecule has 0 spiro atoms. The molecule has 1 aliphatic heterocycles. The summed E-state index contributed by atoms with van der Waals surface area (Å²) in [5.74, 6) is 0. The number of ether oxygens (including phenoxy) is 1. The predicted molar refractivity (Wildman–Crippen MR) is 122 cm³/mol. The Balaban J connectivity index is 1.46. The Kier molecular flexibility index (Phi) is 5.99. The first-order valence-corrected chi connectivity index (χ1v) is 11.6. The average molecular weight is 443 g/mol. The number of benzene rings is 3. The van der Waals surface area contributed by atoms with E-state index in [-0.39, 0.29) is 11.0 Å². The Morgan fingerprint density at radius 3 is 2.37 bits per heavy atom. The number of rotatable bonds is 6. The molecule has 1 fully saturated rings. The van der Waals surface area contributed by atoms with E-state index in [1.807, 2.05) is 30.3 Å². The molecule has 0 aromatic heterocycles. The van der Waals surface area contributed by atoms with Crippen LogP contribution in [0.15, 0.2) is 77.7 Å². The summed E-state index contributed by atoms with van der Waals surface area (Å²) in [4.78, 5) is 2.45. The Morgan fingerprint density at radius 1 is 1.00 bits per heavy atom. The van der Waals surface area contributed by atoms with E-state index in [4.69, 9.17) is 16.3 Å². The molecule has 1 atom stereocenters. The van der Waals surface area contributed by atoms with Gasteiger partial charge in [-0.05, 0) is 66.1 Å². The summed E-state index contributed by atoms with van der Waals surface area (Å²) in [6.07, 6.45) is 1.24. The summed E-state index contributed by atoms with van der Waals surface area (Å²) >= 11 is 6.04. The van der Waals surface area contributed by atoms with E-state index in [2.05, 4.69) is 9.62 Å². The fraction of sp³-hybridized carbons (Fsp3) is 0.217. The summed E-state index contributed by atoms with van der Waals surface area (Å²) in [5.41, 5.74) is 3.43. The third-order valence-corrected chi connectivity index (χ3v) is 6.92. The minimum Gasteiger partial charge on any atom is -0.380 e. The zero-order valence-corrected chi connectivity index (χ0v) is 18.2. The lowest BCUT2D eigenvalue weighted by atomic mass is 10.1. The summed E-state index contributed by atoms with van der Waals surface area (Å²) in [6, 6.07) is 21.6. The largest absolute Gasteiger partial charge is 0.380 e. The number of nitrogens with one attached hydrogen (secondary N) is 1. The van der Waals surface area contributed by atoms with Gasteiger partial charge >= 0.3 is 0 Å². The van der Waals surface area contributed by atoms with Gasteiger partial charge in [-0.2, -0.15) is 0 Å². The van der Waals surface area contributed by atoms with Crippen molar-refractivity contribution in [2.75, 3.05) is 29.8 Å². The van der Waals surface area contributed by atoms with Crippen LogP contribution in [-0.4, -0.2) is 34.7 Å². The summed E-state index contributed by atoms with van der Waals surface area (Å²) < 4.78 is 33.6. The van der Waals surface area contributed by atoms with Gasteiger partial charge in [0.1, 0.15) is 0 Å². The van der Waals surface area contributed by atoms with Gasteiger partial charge in [-0.15, -0.1) is 0 Å². The zero-order valence-electron chi connectivity index (χ0n) is 16.6. The summed E-state index contributed by atoms with van der Waals surface area (Å²) in [5, 5.41) is 0.640. The predicted octanol–water partition coefficient (Wildman–Crippen LogP) is 5.03. The number of anilines is 2. The SMILES string of the molecule is COC1CCN(c2ccc(NS(=O)(=O)c3ccc(-c4cccc(Cl)c4)cc3)cc2)C1. The number of hydrogen-bond donors (Lipinski definition) is 1. The Bertz CT molecular complexity index is 1120. The highest BCUT2D eigenvalue weighted by molar-refractivity contribution is 7.92. The van der Waals surface area contributed by atoms with Crippen molar-refractivity contribution < 1.29 is 13.2 Å². The molecule has 0 aliphatic carbocycles. The second-order valence-corrected chi connectivity index (χ2v) is 9.40. The number of methoxy groups -OCH3 is 1. The standard InChI is InChI=1S/C23H23ClN2O3S/c1-29-22-13-14-26(16-22)21-9-7-20(8-10-21)25-30(27,28)23-11-5-17(6-12-23)18-3-2-4-19(24)15-18/h2-12,15,22,25H,13-14,16H2,1H3. The molecule has 156 valence electrons. The maximum absolute atomic E-state index is 12.8. The lowest BCUT2D eigenvalue weighted by molar-refractivity contribution is 0.121. The first-order chi connectivity index (χ1) is 14.4. The molecule has 0 saturated carbocycles. The molecule has 3 aromatic rings. The van der Waals surface area contributed by atoms with Crippen molar-refractivity contribution in [1.82, 2.24) is 0 Å². The van der Waals surface area contributed by atoms with E-state index in [1.165, 1.54) is 0 Å². The van der Waals surface area contributed by atoms with Crippen molar-refractivity contribution in [3.8, 4) is 11.1 Å². The molecule has 3 aromatic carbocycles. The molecule has 5 nitrogen and oxygen atoms in total. The van der Waals surface area contributed by atoms with Gasteiger partial charge in [-0.3, -0.25) is 4.72 Å². The maximum Gasteiger partial charge on any atom is 0.261 e. The smallest absolute Gasteiger partial charge is 0.261 e. The Labute approximate surface area is 182 Å². The van der Waals surface area contributed by atoms with Gasteiger partial charge in [0.25, 0.3) is 10.0 Å². The van der Waals surface area contributed by atoms with Crippen molar-refractivity contribution in [2.45, 2.75) is 17.4 Å². The quantitative estimate of drug-likeness (QED) is 0.581. The molecule has 4 rings (SSSR count). The molecular weight excluding hydrogens is 420 g/mol. The van der Waals surface area contributed by atoms with Crippen molar-refractivity contribution in [2.24, 2.45) is 0 Å². The number of hydrogen-bond acceptors (Lipinski definition) is 4. The van der Waals surface area contributed by atoms with Crippen LogP contribution in [0.25, 0.3) is 11.1 Å². The highest BCUT2D eigenvalue weighted by Crippen LogP contribution is 2.26. The maximum atomic E-state index is 12.8. The fourth-order valence-corrected chi connectivity index (χ4v) is 4.85. The second kappa shape index (κ2) is 8.68. The molecule has 7 heteroatoms. The van der Waals surface area contributed by atoms with E-state index in [0.717, 1.165) is 36.3 Å². The van der Waals surface area contributed by atoms with Crippen LogP contribution in [0.4, 0.5) is 11.4 Å². The van der Waals surface area contributed by atoms with Crippen LogP contribution < -0.4 is 9.62 Å². The minimum absolute atomic E-state index is 0.208. The van der Waals surface area contributed by atoms with Crippen molar-refractivity contribution in [3.05, 3.63) is 77.8 Å². The Hall–Kier alpha value is -2.54. The number of nitrogens with zero attached hydrogens (tertiary/aromatic N) is 1. The summed E-state index contributed by atoms with van der Waals surface area (Å²) in [6.45, 7) is 1.78. The third-order valence-electron chi connectivity index (χ3n) is 5.29. The van der Waals surface area contributed by atoms with Crippen molar-refractivity contribution in [1.29, 1.82) is 0 Å². The minimum atomic E-state index is -3.67. The van der Waals surface area contributed by atoms with E-state index in [9.17, 15) is 8.42 Å². The molecule has 1 heterocycles. The van der Waals surface area contributed by atoms with Crippen molar-refractivity contribution in [3.63, 3.8) is 0 Å². The molecule has 1 saturated heterocycles. The van der Waals surface area contributed by atoms with Crippen LogP contribution >= 0.6 is 11.6 Å². The van der Waals surface area contributed by atoms with E-state index >= 15 is 0 Å². The van der Waals surface area contributed by atoms with Gasteiger partial charge in [0.05, 0.1) is 11.0 Å². The van der Waals surface area contributed by atoms with Crippen LogP contribution in [0.2, 0.25) is 5.02 Å². The van der Waals surface area contributed by atoms with Gasteiger partial charge in [-0.1, -0.05) is 35.9 Å².